The standard InChI is InChI=1S/C14H25N3O2S/c1-3-15-10-6-7-13-20(18,19)17(2)12-9-14-8-4-5-11-16-14/h4-5,8,11,15H,3,6-7,9-10,12-13H2,1-2H3. The van der Waals surface area contributed by atoms with Crippen LogP contribution in [-0.4, -0.2) is 50.1 Å². The number of unbranched alkanes of at least 4 members (excludes halogenated alkanes) is 1. The summed E-state index contributed by atoms with van der Waals surface area (Å²) < 4.78 is 25.6. The molecular weight excluding hydrogens is 274 g/mol. The third-order valence-electron chi connectivity index (χ3n) is 3.14. The summed E-state index contributed by atoms with van der Waals surface area (Å²) in [6, 6.07) is 5.68. The van der Waals surface area contributed by atoms with Crippen LogP contribution in [0.4, 0.5) is 0 Å². The van der Waals surface area contributed by atoms with Gasteiger partial charge in [-0.05, 0) is 38.1 Å². The maximum atomic E-state index is 12.1. The lowest BCUT2D eigenvalue weighted by Gasteiger charge is -2.16. The molecular formula is C14H25N3O2S. The maximum absolute atomic E-state index is 12.1. The van der Waals surface area contributed by atoms with Crippen LogP contribution in [0, 0.1) is 0 Å². The summed E-state index contributed by atoms with van der Waals surface area (Å²) in [6.45, 7) is 4.33. The van der Waals surface area contributed by atoms with Crippen molar-refractivity contribution >= 4 is 10.0 Å². The molecule has 0 bridgehead atoms. The van der Waals surface area contributed by atoms with Crippen molar-refractivity contribution in [3.8, 4) is 0 Å². The fourth-order valence-electron chi connectivity index (χ4n) is 1.82. The van der Waals surface area contributed by atoms with Gasteiger partial charge in [-0.1, -0.05) is 13.0 Å². The molecule has 6 heteroatoms. The van der Waals surface area contributed by atoms with Crippen molar-refractivity contribution in [2.75, 3.05) is 32.4 Å². The molecule has 0 aliphatic heterocycles. The van der Waals surface area contributed by atoms with Crippen LogP contribution in [0.25, 0.3) is 0 Å². The van der Waals surface area contributed by atoms with E-state index in [0.29, 0.717) is 19.4 Å². The van der Waals surface area contributed by atoms with Crippen molar-refractivity contribution in [3.63, 3.8) is 0 Å². The second kappa shape index (κ2) is 9.05. The van der Waals surface area contributed by atoms with E-state index < -0.39 is 10.0 Å². The molecule has 0 saturated heterocycles. The number of rotatable bonds is 10. The fraction of sp³-hybridized carbons (Fsp3) is 0.643. The molecule has 5 nitrogen and oxygen atoms in total. The first-order chi connectivity index (χ1) is 9.56. The zero-order valence-electron chi connectivity index (χ0n) is 12.4. The molecule has 0 radical (unpaired) electrons. The van der Waals surface area contributed by atoms with Crippen molar-refractivity contribution in [1.82, 2.24) is 14.6 Å². The van der Waals surface area contributed by atoms with Gasteiger partial charge in [0.1, 0.15) is 0 Å². The van der Waals surface area contributed by atoms with Gasteiger partial charge < -0.3 is 5.32 Å². The quantitative estimate of drug-likeness (QED) is 0.661. The smallest absolute Gasteiger partial charge is 0.213 e. The van der Waals surface area contributed by atoms with E-state index in [2.05, 4.69) is 10.3 Å². The predicted octanol–water partition coefficient (Wildman–Crippen LogP) is 1.28. The molecule has 0 spiro atoms. The van der Waals surface area contributed by atoms with Gasteiger partial charge in [-0.3, -0.25) is 4.98 Å². The van der Waals surface area contributed by atoms with Gasteiger partial charge in [0.15, 0.2) is 0 Å². The second-order valence-corrected chi connectivity index (χ2v) is 6.96. The minimum absolute atomic E-state index is 0.219. The normalized spacial score (nSPS) is 11.9. The lowest BCUT2D eigenvalue weighted by molar-refractivity contribution is 0.468. The Labute approximate surface area is 122 Å². The number of sulfonamides is 1. The van der Waals surface area contributed by atoms with Crippen LogP contribution < -0.4 is 5.32 Å². The minimum Gasteiger partial charge on any atom is -0.317 e. The van der Waals surface area contributed by atoms with E-state index in [0.717, 1.165) is 25.2 Å². The average molecular weight is 299 g/mol. The second-order valence-electron chi connectivity index (χ2n) is 4.77. The van der Waals surface area contributed by atoms with Crippen LogP contribution in [0.1, 0.15) is 25.5 Å². The van der Waals surface area contributed by atoms with Crippen LogP contribution in [0.2, 0.25) is 0 Å². The molecule has 0 atom stereocenters. The monoisotopic (exact) mass is 299 g/mol. The first kappa shape index (κ1) is 17.1. The Morgan fingerprint density at radius 3 is 2.75 bits per heavy atom. The number of hydrogen-bond donors (Lipinski definition) is 1. The SMILES string of the molecule is CCNCCCCS(=O)(=O)N(C)CCc1ccccn1. The topological polar surface area (TPSA) is 62.3 Å². The van der Waals surface area contributed by atoms with Gasteiger partial charge in [0, 0.05) is 31.9 Å². The van der Waals surface area contributed by atoms with Gasteiger partial charge in [-0.15, -0.1) is 0 Å². The van der Waals surface area contributed by atoms with Crippen molar-refractivity contribution in [3.05, 3.63) is 30.1 Å². The van der Waals surface area contributed by atoms with Gasteiger partial charge in [0.05, 0.1) is 5.75 Å². The van der Waals surface area contributed by atoms with Crippen LogP contribution in [0.5, 0.6) is 0 Å². The van der Waals surface area contributed by atoms with E-state index in [-0.39, 0.29) is 5.75 Å². The number of aromatic nitrogens is 1. The average Bonchev–Trinajstić information content (AvgIpc) is 2.45. The molecule has 0 fully saturated rings. The van der Waals surface area contributed by atoms with Gasteiger partial charge >= 0.3 is 0 Å². The molecule has 114 valence electrons. The summed E-state index contributed by atoms with van der Waals surface area (Å²) in [7, 11) is -1.50. The Hall–Kier alpha value is -0.980. The number of nitrogens with one attached hydrogen (secondary N) is 1. The largest absolute Gasteiger partial charge is 0.317 e. The molecule has 20 heavy (non-hydrogen) atoms. The summed E-state index contributed by atoms with van der Waals surface area (Å²) in [6.07, 6.45) is 3.96. The van der Waals surface area contributed by atoms with Crippen molar-refractivity contribution < 1.29 is 8.42 Å². The Morgan fingerprint density at radius 1 is 1.30 bits per heavy atom. The van der Waals surface area contributed by atoms with E-state index in [9.17, 15) is 8.42 Å². The van der Waals surface area contributed by atoms with Gasteiger partial charge in [-0.25, -0.2) is 12.7 Å². The molecule has 0 aliphatic carbocycles. The molecule has 0 saturated carbocycles. The Balaban J connectivity index is 2.31. The summed E-state index contributed by atoms with van der Waals surface area (Å²) in [5, 5.41) is 3.19. The number of likely N-dealkylation sites (N-methyl/N-ethyl adjacent to an activating group) is 1. The van der Waals surface area contributed by atoms with Gasteiger partial charge in [0.25, 0.3) is 0 Å². The zero-order valence-corrected chi connectivity index (χ0v) is 13.2. The highest BCUT2D eigenvalue weighted by atomic mass is 32.2. The van der Waals surface area contributed by atoms with Crippen molar-refractivity contribution in [2.24, 2.45) is 0 Å². The first-order valence-electron chi connectivity index (χ1n) is 7.11. The van der Waals surface area contributed by atoms with Crippen molar-refractivity contribution in [1.29, 1.82) is 0 Å². The van der Waals surface area contributed by atoms with Crippen LogP contribution in [0.15, 0.2) is 24.4 Å². The number of nitrogens with zero attached hydrogens (tertiary/aromatic N) is 2. The molecule has 1 rings (SSSR count). The van der Waals surface area contributed by atoms with Crippen LogP contribution in [0.3, 0.4) is 0 Å². The van der Waals surface area contributed by atoms with Gasteiger partial charge in [0.2, 0.25) is 10.0 Å². The highest BCUT2D eigenvalue weighted by molar-refractivity contribution is 7.89. The Kier molecular flexibility index (Phi) is 7.72. The molecule has 1 N–H and O–H groups in total. The number of hydrogen-bond acceptors (Lipinski definition) is 4. The van der Waals surface area contributed by atoms with E-state index in [1.54, 1.807) is 13.2 Å². The van der Waals surface area contributed by atoms with Crippen LogP contribution >= 0.6 is 0 Å². The molecule has 0 amide bonds. The van der Waals surface area contributed by atoms with Crippen molar-refractivity contribution in [2.45, 2.75) is 26.2 Å². The molecule has 0 unspecified atom stereocenters. The lowest BCUT2D eigenvalue weighted by atomic mass is 10.3. The third kappa shape index (κ3) is 6.45. The molecule has 0 aliphatic rings. The van der Waals surface area contributed by atoms with Gasteiger partial charge in [-0.2, -0.15) is 0 Å². The molecule has 1 aromatic rings. The molecule has 1 aromatic heterocycles. The van der Waals surface area contributed by atoms with E-state index >= 15 is 0 Å². The highest BCUT2D eigenvalue weighted by Crippen LogP contribution is 2.04. The predicted molar refractivity (Wildman–Crippen MR) is 82.1 cm³/mol. The molecule has 0 aromatic carbocycles. The summed E-state index contributed by atoms with van der Waals surface area (Å²) in [5.41, 5.74) is 0.918. The lowest BCUT2D eigenvalue weighted by Crippen LogP contribution is -2.31. The maximum Gasteiger partial charge on any atom is 0.213 e. The first-order valence-corrected chi connectivity index (χ1v) is 8.72. The Bertz CT molecular complexity index is 463. The van der Waals surface area contributed by atoms with Crippen LogP contribution in [-0.2, 0) is 16.4 Å². The fourth-order valence-corrected chi connectivity index (χ4v) is 3.07. The highest BCUT2D eigenvalue weighted by Gasteiger charge is 2.16. The summed E-state index contributed by atoms with van der Waals surface area (Å²) in [5.74, 6) is 0.219. The van der Waals surface area contributed by atoms with E-state index in [1.165, 1.54) is 4.31 Å². The number of pyridine rings is 1. The Morgan fingerprint density at radius 2 is 2.10 bits per heavy atom. The third-order valence-corrected chi connectivity index (χ3v) is 5.08. The summed E-state index contributed by atoms with van der Waals surface area (Å²) in [4.78, 5) is 4.20. The molecule has 1 heterocycles. The minimum atomic E-state index is -3.14. The van der Waals surface area contributed by atoms with E-state index in [4.69, 9.17) is 0 Å². The summed E-state index contributed by atoms with van der Waals surface area (Å²) >= 11 is 0. The zero-order chi connectivity index (χ0) is 14.8. The van der Waals surface area contributed by atoms with E-state index in [1.807, 2.05) is 25.1 Å².